The second-order valence-corrected chi connectivity index (χ2v) is 4.52. The van der Waals surface area contributed by atoms with Gasteiger partial charge >= 0.3 is 0 Å². The Labute approximate surface area is 103 Å². The number of aliphatic hydroxyl groups is 1. The highest BCUT2D eigenvalue weighted by Crippen LogP contribution is 2.17. The van der Waals surface area contributed by atoms with Crippen molar-refractivity contribution in [1.82, 2.24) is 4.90 Å². The van der Waals surface area contributed by atoms with E-state index >= 15 is 0 Å². The van der Waals surface area contributed by atoms with Crippen LogP contribution >= 0.6 is 0 Å². The SMILES string of the molecule is OCCN(Cc1ccccc1)C1CCOCC1. The van der Waals surface area contributed by atoms with Gasteiger partial charge in [0.25, 0.3) is 0 Å². The fourth-order valence-corrected chi connectivity index (χ4v) is 2.39. The predicted octanol–water partition coefficient (Wildman–Crippen LogP) is 1.66. The molecule has 0 aliphatic carbocycles. The second kappa shape index (κ2) is 6.74. The van der Waals surface area contributed by atoms with E-state index in [1.54, 1.807) is 0 Å². The van der Waals surface area contributed by atoms with Gasteiger partial charge in [-0.3, -0.25) is 4.90 Å². The lowest BCUT2D eigenvalue weighted by Gasteiger charge is -2.33. The normalized spacial score (nSPS) is 17.5. The molecular formula is C14H21NO2. The zero-order chi connectivity index (χ0) is 11.9. The number of benzene rings is 1. The van der Waals surface area contributed by atoms with E-state index < -0.39 is 0 Å². The third kappa shape index (κ3) is 3.80. The molecule has 0 saturated carbocycles. The molecule has 0 amide bonds. The van der Waals surface area contributed by atoms with Gasteiger partial charge in [-0.25, -0.2) is 0 Å². The third-order valence-electron chi connectivity index (χ3n) is 3.32. The van der Waals surface area contributed by atoms with Gasteiger partial charge in [0, 0.05) is 32.3 Å². The molecule has 1 heterocycles. The van der Waals surface area contributed by atoms with E-state index in [4.69, 9.17) is 4.74 Å². The van der Waals surface area contributed by atoms with Gasteiger partial charge in [-0.05, 0) is 18.4 Å². The van der Waals surface area contributed by atoms with Crippen molar-refractivity contribution in [1.29, 1.82) is 0 Å². The van der Waals surface area contributed by atoms with Crippen LogP contribution in [0, 0.1) is 0 Å². The average Bonchev–Trinajstić information content (AvgIpc) is 2.40. The zero-order valence-electron chi connectivity index (χ0n) is 10.2. The molecule has 1 aliphatic rings. The summed E-state index contributed by atoms with van der Waals surface area (Å²) in [6, 6.07) is 11.0. The van der Waals surface area contributed by atoms with Gasteiger partial charge in [0.2, 0.25) is 0 Å². The molecular weight excluding hydrogens is 214 g/mol. The molecule has 0 unspecified atom stereocenters. The summed E-state index contributed by atoms with van der Waals surface area (Å²) < 4.78 is 5.39. The molecule has 1 N–H and O–H groups in total. The van der Waals surface area contributed by atoms with Crippen LogP contribution in [0.15, 0.2) is 30.3 Å². The Hall–Kier alpha value is -0.900. The largest absolute Gasteiger partial charge is 0.395 e. The standard InChI is InChI=1S/C14H21NO2/c16-9-8-15(14-6-10-17-11-7-14)12-13-4-2-1-3-5-13/h1-5,14,16H,6-12H2. The minimum atomic E-state index is 0.226. The molecule has 0 aromatic heterocycles. The summed E-state index contributed by atoms with van der Waals surface area (Å²) in [4.78, 5) is 2.37. The molecule has 0 spiro atoms. The van der Waals surface area contributed by atoms with E-state index in [1.807, 2.05) is 6.07 Å². The van der Waals surface area contributed by atoms with Gasteiger partial charge in [0.05, 0.1) is 6.61 Å². The van der Waals surface area contributed by atoms with Crippen molar-refractivity contribution in [2.75, 3.05) is 26.4 Å². The molecule has 0 radical (unpaired) electrons. The zero-order valence-corrected chi connectivity index (χ0v) is 10.2. The lowest BCUT2D eigenvalue weighted by molar-refractivity contribution is 0.0248. The summed E-state index contributed by atoms with van der Waals surface area (Å²) in [7, 11) is 0. The lowest BCUT2D eigenvalue weighted by atomic mass is 10.1. The van der Waals surface area contributed by atoms with Crippen molar-refractivity contribution in [3.05, 3.63) is 35.9 Å². The van der Waals surface area contributed by atoms with Crippen LogP contribution in [0.4, 0.5) is 0 Å². The molecule has 3 nitrogen and oxygen atoms in total. The monoisotopic (exact) mass is 235 g/mol. The van der Waals surface area contributed by atoms with Gasteiger partial charge in [0.15, 0.2) is 0 Å². The Morgan fingerprint density at radius 2 is 1.88 bits per heavy atom. The molecule has 0 bridgehead atoms. The van der Waals surface area contributed by atoms with Gasteiger partial charge in [-0.15, -0.1) is 0 Å². The van der Waals surface area contributed by atoms with E-state index in [-0.39, 0.29) is 6.61 Å². The Kier molecular flexibility index (Phi) is 4.98. The first-order valence-electron chi connectivity index (χ1n) is 6.36. The topological polar surface area (TPSA) is 32.7 Å². The minimum absolute atomic E-state index is 0.226. The molecule has 0 atom stereocenters. The Morgan fingerprint density at radius 3 is 2.53 bits per heavy atom. The molecule has 1 fully saturated rings. The smallest absolute Gasteiger partial charge is 0.0558 e. The fourth-order valence-electron chi connectivity index (χ4n) is 2.39. The van der Waals surface area contributed by atoms with Crippen LogP contribution in [0.25, 0.3) is 0 Å². The summed E-state index contributed by atoms with van der Waals surface area (Å²) in [5.74, 6) is 0. The molecule has 1 aliphatic heterocycles. The molecule has 1 aromatic carbocycles. The minimum Gasteiger partial charge on any atom is -0.395 e. The molecule has 17 heavy (non-hydrogen) atoms. The van der Waals surface area contributed by atoms with Crippen LogP contribution in [-0.4, -0.2) is 42.4 Å². The molecule has 94 valence electrons. The summed E-state index contributed by atoms with van der Waals surface area (Å²) in [5.41, 5.74) is 1.31. The maximum Gasteiger partial charge on any atom is 0.0558 e. The number of hydrogen-bond acceptors (Lipinski definition) is 3. The van der Waals surface area contributed by atoms with Crippen LogP contribution < -0.4 is 0 Å². The summed E-state index contributed by atoms with van der Waals surface area (Å²) >= 11 is 0. The van der Waals surface area contributed by atoms with E-state index in [0.29, 0.717) is 6.04 Å². The van der Waals surface area contributed by atoms with Crippen molar-refractivity contribution in [3.63, 3.8) is 0 Å². The second-order valence-electron chi connectivity index (χ2n) is 4.52. The fraction of sp³-hybridized carbons (Fsp3) is 0.571. The molecule has 3 heteroatoms. The van der Waals surface area contributed by atoms with Gasteiger partial charge < -0.3 is 9.84 Å². The third-order valence-corrected chi connectivity index (χ3v) is 3.32. The molecule has 1 saturated heterocycles. The van der Waals surface area contributed by atoms with E-state index in [9.17, 15) is 5.11 Å². The maximum absolute atomic E-state index is 9.17. The Morgan fingerprint density at radius 1 is 1.18 bits per heavy atom. The average molecular weight is 235 g/mol. The maximum atomic E-state index is 9.17. The summed E-state index contributed by atoms with van der Waals surface area (Å²) in [6.07, 6.45) is 2.15. The highest BCUT2D eigenvalue weighted by Gasteiger charge is 2.20. The summed E-state index contributed by atoms with van der Waals surface area (Å²) in [6.45, 7) is 3.60. The number of nitrogens with zero attached hydrogens (tertiary/aromatic N) is 1. The first kappa shape index (κ1) is 12.6. The number of ether oxygens (including phenoxy) is 1. The number of rotatable bonds is 5. The number of aliphatic hydroxyl groups excluding tert-OH is 1. The lowest BCUT2D eigenvalue weighted by Crippen LogP contribution is -2.40. The number of hydrogen-bond donors (Lipinski definition) is 1. The van der Waals surface area contributed by atoms with Crippen molar-refractivity contribution < 1.29 is 9.84 Å². The Bertz CT molecular complexity index is 309. The first-order chi connectivity index (χ1) is 8.40. The van der Waals surface area contributed by atoms with Gasteiger partial charge in [-0.2, -0.15) is 0 Å². The molecule has 2 rings (SSSR count). The highest BCUT2D eigenvalue weighted by atomic mass is 16.5. The van der Waals surface area contributed by atoms with Crippen molar-refractivity contribution in [2.45, 2.75) is 25.4 Å². The van der Waals surface area contributed by atoms with Crippen LogP contribution in [0.2, 0.25) is 0 Å². The van der Waals surface area contributed by atoms with Crippen molar-refractivity contribution in [2.24, 2.45) is 0 Å². The van der Waals surface area contributed by atoms with E-state index in [2.05, 4.69) is 29.2 Å². The van der Waals surface area contributed by atoms with Crippen LogP contribution in [0.5, 0.6) is 0 Å². The van der Waals surface area contributed by atoms with Crippen LogP contribution in [0.3, 0.4) is 0 Å². The summed E-state index contributed by atoms with van der Waals surface area (Å²) in [5, 5.41) is 9.17. The van der Waals surface area contributed by atoms with Crippen molar-refractivity contribution in [3.8, 4) is 0 Å². The van der Waals surface area contributed by atoms with Gasteiger partial charge in [-0.1, -0.05) is 30.3 Å². The van der Waals surface area contributed by atoms with E-state index in [0.717, 1.165) is 39.1 Å². The Balaban J connectivity index is 1.96. The molecule has 1 aromatic rings. The van der Waals surface area contributed by atoms with Crippen LogP contribution in [-0.2, 0) is 11.3 Å². The first-order valence-corrected chi connectivity index (χ1v) is 6.36. The van der Waals surface area contributed by atoms with Crippen LogP contribution in [0.1, 0.15) is 18.4 Å². The van der Waals surface area contributed by atoms with Gasteiger partial charge in [0.1, 0.15) is 0 Å². The van der Waals surface area contributed by atoms with Crippen molar-refractivity contribution >= 4 is 0 Å². The highest BCUT2D eigenvalue weighted by molar-refractivity contribution is 5.14. The quantitative estimate of drug-likeness (QED) is 0.842. The van der Waals surface area contributed by atoms with E-state index in [1.165, 1.54) is 5.56 Å². The predicted molar refractivity (Wildman–Crippen MR) is 67.8 cm³/mol.